The third-order valence-corrected chi connectivity index (χ3v) is 1.65. The summed E-state index contributed by atoms with van der Waals surface area (Å²) in [5, 5.41) is 14.3. The van der Waals surface area contributed by atoms with Crippen molar-refractivity contribution in [1.29, 1.82) is 10.8 Å². The molecule has 0 saturated heterocycles. The number of rotatable bonds is 0. The molecule has 0 amide bonds. The standard InChI is InChI=1S/C6H5IN2/c7-4-1-2-5(8)6(9)3-4/h1-3,8-9H. The molecule has 0 heterocycles. The van der Waals surface area contributed by atoms with E-state index in [0.717, 1.165) is 3.58 Å². The fourth-order valence-electron chi connectivity index (χ4n) is 0.516. The predicted molar refractivity (Wildman–Crippen MR) is 46.7 cm³/mol. The summed E-state index contributed by atoms with van der Waals surface area (Å²) >= 11 is 2.12. The molecule has 0 aromatic carbocycles. The molecule has 0 aromatic rings. The quantitative estimate of drug-likeness (QED) is 0.473. The van der Waals surface area contributed by atoms with E-state index in [1.165, 1.54) is 0 Å². The molecule has 0 radical (unpaired) electrons. The molecule has 46 valence electrons. The summed E-state index contributed by atoms with van der Waals surface area (Å²) in [6.45, 7) is 0. The van der Waals surface area contributed by atoms with Crippen LogP contribution in [0.5, 0.6) is 0 Å². The van der Waals surface area contributed by atoms with Crippen LogP contribution in [0.4, 0.5) is 0 Å². The summed E-state index contributed by atoms with van der Waals surface area (Å²) in [7, 11) is 0. The van der Waals surface area contributed by atoms with Crippen molar-refractivity contribution in [3.05, 3.63) is 21.8 Å². The predicted octanol–water partition coefficient (Wildman–Crippen LogP) is 1.91. The molecular formula is C6H5IN2. The first-order chi connectivity index (χ1) is 4.20. The van der Waals surface area contributed by atoms with Gasteiger partial charge in [0.1, 0.15) is 0 Å². The molecule has 9 heavy (non-hydrogen) atoms. The van der Waals surface area contributed by atoms with Crippen LogP contribution in [0.25, 0.3) is 0 Å². The van der Waals surface area contributed by atoms with Gasteiger partial charge in [0.2, 0.25) is 0 Å². The van der Waals surface area contributed by atoms with E-state index in [2.05, 4.69) is 22.6 Å². The largest absolute Gasteiger partial charge is 0.299 e. The van der Waals surface area contributed by atoms with Gasteiger partial charge in [-0.3, -0.25) is 10.8 Å². The zero-order valence-electron chi connectivity index (χ0n) is 4.61. The number of allylic oxidation sites excluding steroid dienone is 4. The summed E-state index contributed by atoms with van der Waals surface area (Å²) in [6.07, 6.45) is 5.12. The highest BCUT2D eigenvalue weighted by Gasteiger charge is 2.02. The van der Waals surface area contributed by atoms with E-state index < -0.39 is 0 Å². The molecule has 0 spiro atoms. The molecule has 1 aliphatic rings. The molecule has 0 unspecified atom stereocenters. The normalized spacial score (nSPS) is 18.1. The molecule has 2 nitrogen and oxygen atoms in total. The van der Waals surface area contributed by atoms with E-state index in [-0.39, 0.29) is 5.71 Å². The maximum absolute atomic E-state index is 7.17. The molecule has 0 atom stereocenters. The molecule has 0 bridgehead atoms. The second-order valence-electron chi connectivity index (χ2n) is 1.69. The summed E-state index contributed by atoms with van der Waals surface area (Å²) in [6, 6.07) is 0. The zero-order chi connectivity index (χ0) is 6.85. The second-order valence-corrected chi connectivity index (χ2v) is 2.94. The molecule has 0 aromatic heterocycles. The van der Waals surface area contributed by atoms with Crippen LogP contribution in [-0.2, 0) is 0 Å². The molecule has 0 fully saturated rings. The summed E-state index contributed by atoms with van der Waals surface area (Å²) in [4.78, 5) is 0. The minimum Gasteiger partial charge on any atom is -0.299 e. The first-order valence-corrected chi connectivity index (χ1v) is 3.51. The van der Waals surface area contributed by atoms with Gasteiger partial charge in [-0.25, -0.2) is 0 Å². The van der Waals surface area contributed by atoms with Gasteiger partial charge < -0.3 is 0 Å². The van der Waals surface area contributed by atoms with E-state index in [1.54, 1.807) is 12.2 Å². The molecule has 2 N–H and O–H groups in total. The highest BCUT2D eigenvalue weighted by atomic mass is 127. The van der Waals surface area contributed by atoms with Crippen molar-refractivity contribution < 1.29 is 0 Å². The Morgan fingerprint density at radius 1 is 1.11 bits per heavy atom. The number of hydrogen-bond donors (Lipinski definition) is 2. The third kappa shape index (κ3) is 1.48. The van der Waals surface area contributed by atoms with E-state index in [9.17, 15) is 0 Å². The molecular weight excluding hydrogens is 227 g/mol. The first kappa shape index (κ1) is 6.67. The fourth-order valence-corrected chi connectivity index (χ4v) is 1.01. The van der Waals surface area contributed by atoms with Crippen molar-refractivity contribution in [1.82, 2.24) is 0 Å². The van der Waals surface area contributed by atoms with Gasteiger partial charge in [-0.2, -0.15) is 0 Å². The second kappa shape index (κ2) is 2.43. The monoisotopic (exact) mass is 232 g/mol. The van der Waals surface area contributed by atoms with E-state index in [4.69, 9.17) is 10.8 Å². The summed E-state index contributed by atoms with van der Waals surface area (Å²) in [5.41, 5.74) is 0.581. The molecule has 0 saturated carbocycles. The van der Waals surface area contributed by atoms with E-state index in [0.29, 0.717) is 5.71 Å². The van der Waals surface area contributed by atoms with Gasteiger partial charge >= 0.3 is 0 Å². The fraction of sp³-hybridized carbons (Fsp3) is 0. The van der Waals surface area contributed by atoms with Gasteiger partial charge in [0, 0.05) is 3.58 Å². The smallest absolute Gasteiger partial charge is 0.0799 e. The van der Waals surface area contributed by atoms with Crippen LogP contribution < -0.4 is 0 Å². The lowest BCUT2D eigenvalue weighted by Gasteiger charge is -2.00. The zero-order valence-corrected chi connectivity index (χ0v) is 6.77. The lowest BCUT2D eigenvalue weighted by Crippen LogP contribution is -2.08. The van der Waals surface area contributed by atoms with Gasteiger partial charge in [-0.1, -0.05) is 0 Å². The van der Waals surface area contributed by atoms with Crippen LogP contribution in [0.3, 0.4) is 0 Å². The third-order valence-electron chi connectivity index (χ3n) is 0.982. The average molecular weight is 232 g/mol. The Kier molecular flexibility index (Phi) is 1.80. The van der Waals surface area contributed by atoms with Gasteiger partial charge in [-0.05, 0) is 40.8 Å². The van der Waals surface area contributed by atoms with Crippen LogP contribution in [0, 0.1) is 10.8 Å². The average Bonchev–Trinajstić information content (AvgIpc) is 1.80. The van der Waals surface area contributed by atoms with Crippen LogP contribution in [0.15, 0.2) is 21.8 Å². The van der Waals surface area contributed by atoms with Crippen molar-refractivity contribution in [2.45, 2.75) is 0 Å². The highest BCUT2D eigenvalue weighted by Crippen LogP contribution is 2.11. The maximum atomic E-state index is 7.17. The summed E-state index contributed by atoms with van der Waals surface area (Å²) in [5.74, 6) is 0. The first-order valence-electron chi connectivity index (χ1n) is 2.43. The molecule has 3 heteroatoms. The van der Waals surface area contributed by atoms with Crippen LogP contribution >= 0.6 is 22.6 Å². The lowest BCUT2D eigenvalue weighted by atomic mass is 10.1. The number of halogens is 1. The van der Waals surface area contributed by atoms with E-state index >= 15 is 0 Å². The van der Waals surface area contributed by atoms with E-state index in [1.807, 2.05) is 6.08 Å². The minimum atomic E-state index is 0.287. The SMILES string of the molecule is N=C1C=CC(I)=CC1=N. The maximum Gasteiger partial charge on any atom is 0.0799 e. The highest BCUT2D eigenvalue weighted by molar-refractivity contribution is 14.1. The lowest BCUT2D eigenvalue weighted by molar-refractivity contribution is 1.49. The minimum absolute atomic E-state index is 0.287. The Morgan fingerprint density at radius 2 is 1.78 bits per heavy atom. The Bertz CT molecular complexity index is 225. The Morgan fingerprint density at radius 3 is 2.22 bits per heavy atom. The topological polar surface area (TPSA) is 47.7 Å². The summed E-state index contributed by atoms with van der Waals surface area (Å²) < 4.78 is 1.01. The van der Waals surface area contributed by atoms with Crippen molar-refractivity contribution in [2.24, 2.45) is 0 Å². The molecule has 0 aliphatic heterocycles. The van der Waals surface area contributed by atoms with Crippen LogP contribution in [0.1, 0.15) is 0 Å². The van der Waals surface area contributed by atoms with Crippen molar-refractivity contribution in [3.8, 4) is 0 Å². The van der Waals surface area contributed by atoms with Gasteiger partial charge in [0.25, 0.3) is 0 Å². The van der Waals surface area contributed by atoms with Crippen LogP contribution in [-0.4, -0.2) is 11.4 Å². The van der Waals surface area contributed by atoms with Gasteiger partial charge in [0.05, 0.1) is 11.4 Å². The van der Waals surface area contributed by atoms with Crippen molar-refractivity contribution in [3.63, 3.8) is 0 Å². The van der Waals surface area contributed by atoms with Crippen molar-refractivity contribution in [2.75, 3.05) is 0 Å². The Labute approximate surface area is 66.8 Å². The number of nitrogens with one attached hydrogen (secondary N) is 2. The Hall–Kier alpha value is -0.450. The van der Waals surface area contributed by atoms with Crippen molar-refractivity contribution >= 4 is 34.0 Å². The number of hydrogen-bond acceptors (Lipinski definition) is 2. The van der Waals surface area contributed by atoms with Gasteiger partial charge in [-0.15, -0.1) is 0 Å². The van der Waals surface area contributed by atoms with Gasteiger partial charge in [0.15, 0.2) is 0 Å². The molecule has 1 rings (SSSR count). The Balaban J connectivity index is 2.95. The van der Waals surface area contributed by atoms with Crippen LogP contribution in [0.2, 0.25) is 0 Å². The molecule has 1 aliphatic carbocycles.